The zero-order valence-electron chi connectivity index (χ0n) is 11.9. The molecule has 4 rings (SSSR count). The molecule has 1 fully saturated rings. The van der Waals surface area contributed by atoms with Crippen LogP contribution in [0.4, 0.5) is 0 Å². The van der Waals surface area contributed by atoms with E-state index in [1.165, 1.54) is 0 Å². The second kappa shape index (κ2) is 4.90. The van der Waals surface area contributed by atoms with E-state index in [2.05, 4.69) is 25.4 Å². The highest BCUT2D eigenvalue weighted by Crippen LogP contribution is 2.38. The first kappa shape index (κ1) is 12.9. The highest BCUT2D eigenvalue weighted by atomic mass is 16.5. The Morgan fingerprint density at radius 1 is 1.45 bits per heavy atom. The molecule has 1 N–H and O–H groups in total. The maximum absolute atomic E-state index is 12.2. The fraction of sp³-hybridized carbons (Fsp3) is 0.357. The number of carbonyl (C=O) groups excluding carboxylic acids is 1. The molecular weight excluding hydrogens is 284 g/mol. The van der Waals surface area contributed by atoms with Gasteiger partial charge in [0.1, 0.15) is 11.7 Å². The molecule has 0 spiro atoms. The van der Waals surface area contributed by atoms with Crippen LogP contribution in [-0.4, -0.2) is 30.4 Å². The topological polar surface area (TPSA) is 98.2 Å². The number of nitrogens with zero attached hydrogens (tertiary/aromatic N) is 5. The lowest BCUT2D eigenvalue weighted by Crippen LogP contribution is -2.27. The van der Waals surface area contributed by atoms with Gasteiger partial charge >= 0.3 is 0 Å². The van der Waals surface area contributed by atoms with Crippen LogP contribution >= 0.6 is 0 Å². The van der Waals surface area contributed by atoms with E-state index in [-0.39, 0.29) is 11.9 Å². The molecule has 3 aromatic rings. The number of aromatic nitrogens is 5. The van der Waals surface area contributed by atoms with Crippen molar-refractivity contribution in [3.8, 4) is 0 Å². The molecule has 8 nitrogen and oxygen atoms in total. The number of fused-ring (bicyclic) bond motifs is 1. The summed E-state index contributed by atoms with van der Waals surface area (Å²) < 4.78 is 6.90. The quantitative estimate of drug-likeness (QED) is 0.783. The Hall–Kier alpha value is -2.77. The van der Waals surface area contributed by atoms with Crippen LogP contribution in [0.5, 0.6) is 0 Å². The van der Waals surface area contributed by atoms with E-state index in [4.69, 9.17) is 4.52 Å². The van der Waals surface area contributed by atoms with E-state index in [1.807, 2.05) is 0 Å². The number of carbonyl (C=O) groups is 1. The largest absolute Gasteiger partial charge is 0.339 e. The van der Waals surface area contributed by atoms with Gasteiger partial charge in [-0.25, -0.2) is 9.97 Å². The summed E-state index contributed by atoms with van der Waals surface area (Å²) in [4.78, 5) is 24.8. The first-order valence-corrected chi connectivity index (χ1v) is 7.15. The average molecular weight is 298 g/mol. The van der Waals surface area contributed by atoms with Gasteiger partial charge in [-0.3, -0.25) is 9.20 Å². The molecule has 1 saturated carbocycles. The normalized spacial score (nSPS) is 15.9. The number of hydrogen-bond donors (Lipinski definition) is 1. The van der Waals surface area contributed by atoms with Gasteiger partial charge in [0.25, 0.3) is 5.91 Å². The Morgan fingerprint density at radius 2 is 2.32 bits per heavy atom. The lowest BCUT2D eigenvalue weighted by molar-refractivity contribution is 0.0928. The van der Waals surface area contributed by atoms with Crippen LogP contribution in [0, 0.1) is 0 Å². The molecule has 0 bridgehead atoms. The molecule has 0 aromatic carbocycles. The molecule has 8 heteroatoms. The van der Waals surface area contributed by atoms with Gasteiger partial charge in [-0.15, -0.1) is 0 Å². The van der Waals surface area contributed by atoms with E-state index >= 15 is 0 Å². The summed E-state index contributed by atoms with van der Waals surface area (Å²) in [7, 11) is 0. The van der Waals surface area contributed by atoms with Crippen molar-refractivity contribution in [3.63, 3.8) is 0 Å². The molecule has 3 heterocycles. The lowest BCUT2D eigenvalue weighted by Gasteiger charge is -2.07. The second-order valence-electron chi connectivity index (χ2n) is 5.41. The van der Waals surface area contributed by atoms with Crippen molar-refractivity contribution in [1.29, 1.82) is 0 Å². The van der Waals surface area contributed by atoms with Gasteiger partial charge in [0, 0.05) is 24.5 Å². The van der Waals surface area contributed by atoms with Crippen molar-refractivity contribution in [1.82, 2.24) is 29.8 Å². The van der Waals surface area contributed by atoms with Crippen LogP contribution < -0.4 is 5.32 Å². The predicted octanol–water partition coefficient (Wildman–Crippen LogP) is 1.48. The van der Waals surface area contributed by atoms with Crippen LogP contribution in [0.15, 0.2) is 29.2 Å². The summed E-state index contributed by atoms with van der Waals surface area (Å²) >= 11 is 0. The molecular formula is C14H14N6O2. The van der Waals surface area contributed by atoms with Crippen LogP contribution in [0.25, 0.3) is 5.78 Å². The van der Waals surface area contributed by atoms with E-state index < -0.39 is 0 Å². The minimum atomic E-state index is -0.370. The monoisotopic (exact) mass is 298 g/mol. The SMILES string of the molecule is CC(NC(=O)c1cn2cccnc2n1)c1nc(C2CC2)no1. The molecule has 22 heavy (non-hydrogen) atoms. The first-order chi connectivity index (χ1) is 10.7. The Bertz CT molecular complexity index is 802. The second-order valence-corrected chi connectivity index (χ2v) is 5.41. The Balaban J connectivity index is 1.50. The minimum absolute atomic E-state index is 0.299. The maximum Gasteiger partial charge on any atom is 0.272 e. The molecule has 1 aliphatic carbocycles. The zero-order chi connectivity index (χ0) is 15.1. The zero-order valence-corrected chi connectivity index (χ0v) is 11.9. The van der Waals surface area contributed by atoms with Crippen molar-refractivity contribution >= 4 is 11.7 Å². The molecule has 1 amide bonds. The van der Waals surface area contributed by atoms with Crippen LogP contribution in [0.3, 0.4) is 0 Å². The van der Waals surface area contributed by atoms with Crippen molar-refractivity contribution in [2.24, 2.45) is 0 Å². The van der Waals surface area contributed by atoms with Gasteiger partial charge in [-0.1, -0.05) is 5.16 Å². The van der Waals surface area contributed by atoms with Crippen molar-refractivity contribution in [3.05, 3.63) is 42.1 Å². The summed E-state index contributed by atoms with van der Waals surface area (Å²) in [5, 5.41) is 6.75. The van der Waals surface area contributed by atoms with E-state index in [0.29, 0.717) is 23.3 Å². The average Bonchev–Trinajstić information content (AvgIpc) is 3.10. The Kier molecular flexibility index (Phi) is 2.88. The van der Waals surface area contributed by atoms with E-state index in [1.54, 1.807) is 36.0 Å². The Labute approximate surface area is 125 Å². The summed E-state index contributed by atoms with van der Waals surface area (Å²) in [6.07, 6.45) is 7.26. The molecule has 112 valence electrons. The summed E-state index contributed by atoms with van der Waals surface area (Å²) in [5.41, 5.74) is 0.299. The highest BCUT2D eigenvalue weighted by molar-refractivity contribution is 5.92. The van der Waals surface area contributed by atoms with Gasteiger partial charge in [0.15, 0.2) is 5.82 Å². The highest BCUT2D eigenvalue weighted by Gasteiger charge is 2.30. The fourth-order valence-electron chi connectivity index (χ4n) is 2.20. The van der Waals surface area contributed by atoms with Crippen LogP contribution in [0.1, 0.15) is 53.9 Å². The number of imidazole rings is 1. The van der Waals surface area contributed by atoms with Gasteiger partial charge in [-0.2, -0.15) is 4.98 Å². The smallest absolute Gasteiger partial charge is 0.272 e. The summed E-state index contributed by atoms with van der Waals surface area (Å²) in [6, 6.07) is 1.40. The fourth-order valence-corrected chi connectivity index (χ4v) is 2.20. The summed E-state index contributed by atoms with van der Waals surface area (Å²) in [6.45, 7) is 1.80. The summed E-state index contributed by atoms with van der Waals surface area (Å²) in [5.74, 6) is 1.74. The number of hydrogen-bond acceptors (Lipinski definition) is 6. The number of rotatable bonds is 4. The van der Waals surface area contributed by atoms with Crippen molar-refractivity contribution in [2.45, 2.75) is 31.7 Å². The molecule has 0 saturated heterocycles. The van der Waals surface area contributed by atoms with Gasteiger partial charge in [0.05, 0.1) is 0 Å². The van der Waals surface area contributed by atoms with E-state index in [0.717, 1.165) is 18.7 Å². The number of nitrogens with one attached hydrogen (secondary N) is 1. The third-order valence-corrected chi connectivity index (χ3v) is 3.59. The first-order valence-electron chi connectivity index (χ1n) is 7.15. The Morgan fingerprint density at radius 3 is 3.09 bits per heavy atom. The van der Waals surface area contributed by atoms with E-state index in [9.17, 15) is 4.79 Å². The van der Waals surface area contributed by atoms with Crippen LogP contribution in [0.2, 0.25) is 0 Å². The van der Waals surface area contributed by atoms with Gasteiger partial charge in [0.2, 0.25) is 11.7 Å². The standard InChI is InChI=1S/C14H14N6O2/c1-8(13-18-11(19-22-13)9-3-4-9)16-12(21)10-7-20-6-2-5-15-14(20)17-10/h2,5-9H,3-4H2,1H3,(H,16,21). The molecule has 0 radical (unpaired) electrons. The third kappa shape index (κ3) is 2.32. The van der Waals surface area contributed by atoms with Crippen LogP contribution in [-0.2, 0) is 0 Å². The number of amides is 1. The molecule has 1 unspecified atom stereocenters. The minimum Gasteiger partial charge on any atom is -0.339 e. The third-order valence-electron chi connectivity index (χ3n) is 3.59. The van der Waals surface area contributed by atoms with Gasteiger partial charge < -0.3 is 9.84 Å². The molecule has 1 aliphatic rings. The van der Waals surface area contributed by atoms with Crippen molar-refractivity contribution in [2.75, 3.05) is 0 Å². The van der Waals surface area contributed by atoms with Crippen molar-refractivity contribution < 1.29 is 9.32 Å². The van der Waals surface area contributed by atoms with Gasteiger partial charge in [-0.05, 0) is 25.8 Å². The lowest BCUT2D eigenvalue weighted by atomic mass is 10.3. The maximum atomic E-state index is 12.2. The molecule has 3 aromatic heterocycles. The molecule has 0 aliphatic heterocycles. The molecule has 1 atom stereocenters. The predicted molar refractivity (Wildman–Crippen MR) is 75.1 cm³/mol.